The summed E-state index contributed by atoms with van der Waals surface area (Å²) in [6.45, 7) is 3.27. The first-order valence-corrected chi connectivity index (χ1v) is 2.71. The first kappa shape index (κ1) is 8.68. The lowest BCUT2D eigenvalue weighted by atomic mass is 10.1. The Morgan fingerprint density at radius 2 is 2.20 bits per heavy atom. The van der Waals surface area contributed by atoms with Crippen molar-refractivity contribution in [3.8, 4) is 0 Å². The zero-order valence-electron chi connectivity index (χ0n) is 5.41. The van der Waals surface area contributed by atoms with Crippen LogP contribution < -0.4 is 5.73 Å². The average Bonchev–Trinajstić information content (AvgIpc) is 1.81. The number of carboxylic acids is 1. The molecule has 1 unspecified atom stereocenters. The topological polar surface area (TPSA) is 80.4 Å². The molecule has 4 heteroatoms. The number of hydrogen-bond acceptors (Lipinski definition) is 2. The summed E-state index contributed by atoms with van der Waals surface area (Å²) < 4.78 is 0. The summed E-state index contributed by atoms with van der Waals surface area (Å²) >= 11 is 0. The summed E-state index contributed by atoms with van der Waals surface area (Å²) in [5.41, 5.74) is 4.82. The van der Waals surface area contributed by atoms with Gasteiger partial charge in [-0.1, -0.05) is 6.08 Å². The van der Waals surface area contributed by atoms with E-state index >= 15 is 0 Å². The maximum Gasteiger partial charge on any atom is 0.304 e. The molecule has 0 aromatic rings. The van der Waals surface area contributed by atoms with E-state index in [1.54, 1.807) is 0 Å². The third kappa shape index (κ3) is 2.86. The fourth-order valence-corrected chi connectivity index (χ4v) is 0.488. The number of carbonyl (C=O) groups excluding carboxylic acids is 1. The van der Waals surface area contributed by atoms with Crippen molar-refractivity contribution >= 4 is 11.9 Å². The molecule has 0 aromatic carbocycles. The first-order valence-electron chi connectivity index (χ1n) is 2.71. The third-order valence-corrected chi connectivity index (χ3v) is 1.04. The molecule has 0 rings (SSSR count). The van der Waals surface area contributed by atoms with Crippen molar-refractivity contribution < 1.29 is 14.7 Å². The largest absolute Gasteiger partial charge is 0.481 e. The van der Waals surface area contributed by atoms with Crippen LogP contribution >= 0.6 is 0 Å². The van der Waals surface area contributed by atoms with Gasteiger partial charge in [-0.15, -0.1) is 6.58 Å². The molecule has 4 nitrogen and oxygen atoms in total. The lowest BCUT2D eigenvalue weighted by Gasteiger charge is -2.01. The van der Waals surface area contributed by atoms with Crippen molar-refractivity contribution in [1.29, 1.82) is 0 Å². The van der Waals surface area contributed by atoms with Gasteiger partial charge >= 0.3 is 5.97 Å². The minimum atomic E-state index is -1.05. The molecule has 56 valence electrons. The van der Waals surface area contributed by atoms with Crippen LogP contribution in [0.4, 0.5) is 0 Å². The number of aliphatic carboxylic acids is 1. The van der Waals surface area contributed by atoms with Crippen molar-refractivity contribution in [3.05, 3.63) is 12.7 Å². The highest BCUT2D eigenvalue weighted by molar-refractivity contribution is 5.83. The lowest BCUT2D eigenvalue weighted by Crippen LogP contribution is -2.23. The van der Waals surface area contributed by atoms with Gasteiger partial charge in [0, 0.05) is 0 Å². The Hall–Kier alpha value is -1.32. The van der Waals surface area contributed by atoms with E-state index in [0.29, 0.717) is 0 Å². The molecule has 1 amide bonds. The Labute approximate surface area is 58.3 Å². The minimum Gasteiger partial charge on any atom is -0.481 e. The number of hydrogen-bond donors (Lipinski definition) is 2. The van der Waals surface area contributed by atoms with Crippen LogP contribution in [0, 0.1) is 5.92 Å². The highest BCUT2D eigenvalue weighted by Crippen LogP contribution is 2.01. The number of rotatable bonds is 4. The summed E-state index contributed by atoms with van der Waals surface area (Å²) in [6.07, 6.45) is 0.954. The Morgan fingerprint density at radius 1 is 1.70 bits per heavy atom. The smallest absolute Gasteiger partial charge is 0.304 e. The zero-order valence-corrected chi connectivity index (χ0v) is 5.41. The van der Waals surface area contributed by atoms with E-state index in [-0.39, 0.29) is 6.42 Å². The highest BCUT2D eigenvalue weighted by Gasteiger charge is 2.14. The molecular formula is C6H9NO3. The van der Waals surface area contributed by atoms with E-state index in [2.05, 4.69) is 6.58 Å². The monoisotopic (exact) mass is 143 g/mol. The number of primary amides is 1. The second-order valence-corrected chi connectivity index (χ2v) is 1.84. The van der Waals surface area contributed by atoms with Crippen LogP contribution in [0.1, 0.15) is 6.42 Å². The van der Waals surface area contributed by atoms with Gasteiger partial charge in [0.1, 0.15) is 0 Å². The maximum atomic E-state index is 10.4. The van der Waals surface area contributed by atoms with Crippen molar-refractivity contribution in [2.75, 3.05) is 0 Å². The molecule has 0 aliphatic carbocycles. The molecule has 0 aliphatic rings. The number of nitrogens with two attached hydrogens (primary N) is 1. The molecule has 0 saturated carbocycles. The van der Waals surface area contributed by atoms with Crippen molar-refractivity contribution in [2.45, 2.75) is 6.42 Å². The lowest BCUT2D eigenvalue weighted by molar-refractivity contribution is -0.139. The van der Waals surface area contributed by atoms with Crippen LogP contribution in [0.25, 0.3) is 0 Å². The Bertz CT molecular complexity index is 164. The molecule has 0 aromatic heterocycles. The molecule has 3 N–H and O–H groups in total. The molecule has 0 fully saturated rings. The molecule has 0 heterocycles. The summed E-state index contributed by atoms with van der Waals surface area (Å²) in [5.74, 6) is -2.46. The van der Waals surface area contributed by atoms with Gasteiger partial charge < -0.3 is 10.8 Å². The van der Waals surface area contributed by atoms with Crippen LogP contribution in [0.5, 0.6) is 0 Å². The van der Waals surface area contributed by atoms with Gasteiger partial charge in [0.25, 0.3) is 0 Å². The van der Waals surface area contributed by atoms with Crippen molar-refractivity contribution in [2.24, 2.45) is 11.7 Å². The van der Waals surface area contributed by atoms with E-state index in [1.165, 1.54) is 6.08 Å². The molecule has 0 saturated heterocycles. The summed E-state index contributed by atoms with van der Waals surface area (Å²) in [4.78, 5) is 20.4. The molecule has 0 bridgehead atoms. The van der Waals surface area contributed by atoms with Crippen LogP contribution in [-0.2, 0) is 9.59 Å². The normalized spacial score (nSPS) is 12.0. The number of carboxylic acid groups (broad SMARTS) is 1. The van der Waals surface area contributed by atoms with Crippen LogP contribution in [0.2, 0.25) is 0 Å². The molecular weight excluding hydrogens is 134 g/mol. The standard InChI is InChI=1S/C6H9NO3/c1-2-4(6(7)10)3-5(8)9/h2,4H,1,3H2,(H2,7,10)(H,8,9). The fourth-order valence-electron chi connectivity index (χ4n) is 0.488. The molecule has 0 aliphatic heterocycles. The molecule has 10 heavy (non-hydrogen) atoms. The number of carbonyl (C=O) groups is 2. The SMILES string of the molecule is C=CC(CC(=O)O)C(N)=O. The third-order valence-electron chi connectivity index (χ3n) is 1.04. The fraction of sp³-hybridized carbons (Fsp3) is 0.333. The van der Waals surface area contributed by atoms with E-state index in [1.807, 2.05) is 0 Å². The van der Waals surface area contributed by atoms with E-state index < -0.39 is 17.8 Å². The van der Waals surface area contributed by atoms with Gasteiger partial charge in [-0.05, 0) is 0 Å². The van der Waals surface area contributed by atoms with Gasteiger partial charge in [-0.25, -0.2) is 0 Å². The highest BCUT2D eigenvalue weighted by atomic mass is 16.4. The molecule has 0 radical (unpaired) electrons. The summed E-state index contributed by atoms with van der Waals surface area (Å²) in [6, 6.07) is 0. The second kappa shape index (κ2) is 3.66. The van der Waals surface area contributed by atoms with Gasteiger partial charge in [0.05, 0.1) is 12.3 Å². The Morgan fingerprint density at radius 3 is 2.30 bits per heavy atom. The average molecular weight is 143 g/mol. The summed E-state index contributed by atoms with van der Waals surface area (Å²) in [5, 5.41) is 8.21. The first-order chi connectivity index (χ1) is 4.57. The van der Waals surface area contributed by atoms with Gasteiger partial charge in [0.2, 0.25) is 5.91 Å². The quantitative estimate of drug-likeness (QED) is 0.532. The van der Waals surface area contributed by atoms with Crippen LogP contribution in [0.3, 0.4) is 0 Å². The second-order valence-electron chi connectivity index (χ2n) is 1.84. The van der Waals surface area contributed by atoms with E-state index in [9.17, 15) is 9.59 Å². The number of amides is 1. The predicted octanol–water partition coefficient (Wildman–Crippen LogP) is -0.251. The van der Waals surface area contributed by atoms with Crippen molar-refractivity contribution in [1.82, 2.24) is 0 Å². The zero-order chi connectivity index (χ0) is 8.15. The Kier molecular flexibility index (Phi) is 3.17. The van der Waals surface area contributed by atoms with Gasteiger partial charge in [0.15, 0.2) is 0 Å². The summed E-state index contributed by atoms with van der Waals surface area (Å²) in [7, 11) is 0. The van der Waals surface area contributed by atoms with Gasteiger partial charge in [-0.3, -0.25) is 9.59 Å². The van der Waals surface area contributed by atoms with Crippen LogP contribution in [0.15, 0.2) is 12.7 Å². The van der Waals surface area contributed by atoms with Gasteiger partial charge in [-0.2, -0.15) is 0 Å². The minimum absolute atomic E-state index is 0.279. The Balaban J connectivity index is 3.96. The van der Waals surface area contributed by atoms with E-state index in [0.717, 1.165) is 0 Å². The maximum absolute atomic E-state index is 10.4. The van der Waals surface area contributed by atoms with Crippen LogP contribution in [-0.4, -0.2) is 17.0 Å². The van der Waals surface area contributed by atoms with E-state index in [4.69, 9.17) is 10.8 Å². The molecule has 1 atom stereocenters. The van der Waals surface area contributed by atoms with Crippen molar-refractivity contribution in [3.63, 3.8) is 0 Å². The molecule has 0 spiro atoms. The predicted molar refractivity (Wildman–Crippen MR) is 35.1 cm³/mol.